The molecule has 202 valence electrons. The van der Waals surface area contributed by atoms with E-state index in [2.05, 4.69) is 73.8 Å². The normalized spacial score (nSPS) is 9.86. The number of allylic oxidation sites excluding steroid dienone is 4. The fraction of sp³-hybridized carbons (Fsp3) is 0.290. The van der Waals surface area contributed by atoms with Gasteiger partial charge in [-0.25, -0.2) is 0 Å². The van der Waals surface area contributed by atoms with Crippen LogP contribution in [0.15, 0.2) is 91.7 Å². The van der Waals surface area contributed by atoms with Crippen LogP contribution in [0.2, 0.25) is 5.02 Å². The van der Waals surface area contributed by atoms with Crippen LogP contribution in [0.3, 0.4) is 0 Å². The number of aldehydes is 1. The lowest BCUT2D eigenvalue weighted by atomic mass is 10.1. The lowest BCUT2D eigenvalue weighted by molar-refractivity contribution is -0.130. The van der Waals surface area contributed by atoms with Crippen molar-refractivity contribution < 1.29 is 9.59 Å². The Morgan fingerprint density at radius 1 is 1.08 bits per heavy atom. The molecule has 0 heterocycles. The largest absolute Gasteiger partial charge is 0.370 e. The third-order valence-corrected chi connectivity index (χ3v) is 4.91. The topological polar surface area (TPSA) is 75.4 Å². The summed E-state index contributed by atoms with van der Waals surface area (Å²) in [5, 5.41) is 3.19. The highest BCUT2D eigenvalue weighted by Crippen LogP contribution is 2.22. The van der Waals surface area contributed by atoms with Crippen molar-refractivity contribution in [2.75, 3.05) is 18.5 Å². The first-order valence-corrected chi connectivity index (χ1v) is 12.7. The molecule has 2 aromatic carbocycles. The molecule has 6 heteroatoms. The van der Waals surface area contributed by atoms with Crippen LogP contribution in [-0.4, -0.2) is 25.8 Å². The van der Waals surface area contributed by atoms with Gasteiger partial charge in [0, 0.05) is 36.5 Å². The molecular weight excluding hydrogens is 482 g/mol. The molecule has 3 N–H and O–H groups in total. The van der Waals surface area contributed by atoms with Crippen LogP contribution >= 0.6 is 11.6 Å². The van der Waals surface area contributed by atoms with E-state index in [1.807, 2.05) is 51.1 Å². The summed E-state index contributed by atoms with van der Waals surface area (Å²) in [5.74, 6) is -0.588. The third-order valence-electron chi connectivity index (χ3n) is 4.66. The Balaban J connectivity index is 0. The van der Waals surface area contributed by atoms with Gasteiger partial charge in [-0.3, -0.25) is 9.59 Å². The number of para-hydroxylation sites is 1. The molecule has 0 aliphatic rings. The highest BCUT2D eigenvalue weighted by Gasteiger charge is 2.05. The Kier molecular flexibility index (Phi) is 23.5. The van der Waals surface area contributed by atoms with E-state index in [0.717, 1.165) is 35.7 Å². The molecule has 0 saturated heterocycles. The van der Waals surface area contributed by atoms with Gasteiger partial charge in [0.1, 0.15) is 0 Å². The minimum absolute atomic E-state index is 0.263. The molecule has 0 aromatic heterocycles. The van der Waals surface area contributed by atoms with Crippen molar-refractivity contribution in [1.82, 2.24) is 5.32 Å². The molecule has 0 atom stereocenters. The van der Waals surface area contributed by atoms with E-state index in [-0.39, 0.29) is 6.29 Å². The maximum absolute atomic E-state index is 10.4. The van der Waals surface area contributed by atoms with Gasteiger partial charge >= 0.3 is 0 Å². The first-order chi connectivity index (χ1) is 17.8. The minimum atomic E-state index is -0.588. The summed E-state index contributed by atoms with van der Waals surface area (Å²) in [4.78, 5) is 22.5. The predicted octanol–water partition coefficient (Wildman–Crippen LogP) is 7.34. The van der Waals surface area contributed by atoms with Crippen LogP contribution in [0.4, 0.5) is 5.69 Å². The maximum Gasteiger partial charge on any atom is 0.288 e. The third kappa shape index (κ3) is 18.5. The molecule has 2 rings (SSSR count). The molecule has 0 unspecified atom stereocenters. The van der Waals surface area contributed by atoms with Crippen molar-refractivity contribution >= 4 is 35.6 Å². The van der Waals surface area contributed by atoms with Crippen LogP contribution in [0, 0.1) is 0 Å². The van der Waals surface area contributed by atoms with Crippen molar-refractivity contribution in [3.05, 3.63) is 108 Å². The summed E-state index contributed by atoms with van der Waals surface area (Å²) in [6.07, 6.45) is 11.6. The van der Waals surface area contributed by atoms with Gasteiger partial charge in [0.25, 0.3) is 5.91 Å². The van der Waals surface area contributed by atoms with Crippen LogP contribution in [0.1, 0.15) is 51.7 Å². The molecule has 0 radical (unpaired) electrons. The van der Waals surface area contributed by atoms with Gasteiger partial charge < -0.3 is 16.0 Å². The van der Waals surface area contributed by atoms with Gasteiger partial charge in [-0.05, 0) is 56.0 Å². The molecule has 0 fully saturated rings. The Morgan fingerprint density at radius 2 is 1.68 bits per heavy atom. The Bertz CT molecular complexity index is 967. The van der Waals surface area contributed by atoms with E-state index < -0.39 is 5.91 Å². The van der Waals surface area contributed by atoms with Crippen molar-refractivity contribution in [1.29, 1.82) is 0 Å². The zero-order valence-corrected chi connectivity index (χ0v) is 23.8. The van der Waals surface area contributed by atoms with E-state index in [1.165, 1.54) is 11.3 Å². The number of hydrogen-bond donors (Lipinski definition) is 2. The molecule has 0 bridgehead atoms. The maximum atomic E-state index is 10.4. The quantitative estimate of drug-likeness (QED) is 0.204. The fourth-order valence-electron chi connectivity index (χ4n) is 2.74. The van der Waals surface area contributed by atoms with Crippen molar-refractivity contribution in [2.45, 2.75) is 47.1 Å². The Hall–Kier alpha value is -3.41. The van der Waals surface area contributed by atoms with Crippen LogP contribution in [0.5, 0.6) is 0 Å². The van der Waals surface area contributed by atoms with Gasteiger partial charge in [0.05, 0.1) is 0 Å². The minimum Gasteiger partial charge on any atom is -0.370 e. The van der Waals surface area contributed by atoms with E-state index in [9.17, 15) is 9.59 Å². The molecule has 0 spiro atoms. The molecule has 1 amide bonds. The molecule has 0 aliphatic heterocycles. The summed E-state index contributed by atoms with van der Waals surface area (Å²) in [6, 6.07) is 16.2. The first-order valence-electron chi connectivity index (χ1n) is 12.3. The first kappa shape index (κ1) is 35.8. The number of nitrogens with one attached hydrogen (secondary N) is 1. The molecule has 37 heavy (non-hydrogen) atoms. The van der Waals surface area contributed by atoms with E-state index >= 15 is 0 Å². The number of nitrogens with two attached hydrogens (primary N) is 1. The van der Waals surface area contributed by atoms with Crippen LogP contribution in [-0.2, 0) is 16.1 Å². The Labute approximate surface area is 229 Å². The second kappa shape index (κ2) is 24.3. The van der Waals surface area contributed by atoms with E-state index in [1.54, 1.807) is 12.2 Å². The van der Waals surface area contributed by atoms with Crippen LogP contribution in [0.25, 0.3) is 6.08 Å². The monoisotopic (exact) mass is 525 g/mol. The molecule has 0 saturated carbocycles. The zero-order valence-electron chi connectivity index (χ0n) is 23.0. The van der Waals surface area contributed by atoms with Crippen molar-refractivity contribution in [2.24, 2.45) is 5.73 Å². The smallest absolute Gasteiger partial charge is 0.288 e. The van der Waals surface area contributed by atoms with E-state index in [4.69, 9.17) is 17.3 Å². The summed E-state index contributed by atoms with van der Waals surface area (Å²) in [5.41, 5.74) is 9.25. The van der Waals surface area contributed by atoms with Crippen molar-refractivity contribution in [3.8, 4) is 0 Å². The number of benzene rings is 2. The summed E-state index contributed by atoms with van der Waals surface area (Å²) >= 11 is 5.89. The number of anilines is 1. The lowest BCUT2D eigenvalue weighted by Gasteiger charge is -2.21. The molecular formula is C31H44ClN3O2. The van der Waals surface area contributed by atoms with Gasteiger partial charge in [0.2, 0.25) is 6.29 Å². The SMILES string of the molecule is C/C=C(\CC)NC(=O)C=O.C/C=C\CC.C=CCN.C=Cc1ccccc1N(C)Cc1ccc(Cl)cc1. The number of nitrogens with zero attached hydrogens (tertiary/aromatic N) is 1. The second-order valence-electron chi connectivity index (χ2n) is 7.52. The zero-order chi connectivity index (χ0) is 28.5. The van der Waals surface area contributed by atoms with Gasteiger partial charge in [-0.1, -0.05) is 92.7 Å². The van der Waals surface area contributed by atoms with E-state index in [0.29, 0.717) is 6.54 Å². The van der Waals surface area contributed by atoms with Gasteiger partial charge in [0.15, 0.2) is 0 Å². The number of amides is 1. The number of carbonyl (C=O) groups excluding carboxylic acids is 2. The highest BCUT2D eigenvalue weighted by molar-refractivity contribution is 6.30. The highest BCUT2D eigenvalue weighted by atomic mass is 35.5. The lowest BCUT2D eigenvalue weighted by Crippen LogP contribution is -2.22. The standard InChI is InChI=1S/C16H16ClN.C7H11NO2.C5H10.C3H7N/c1-3-14-6-4-5-7-16(14)18(2)12-13-8-10-15(17)11-9-13;1-3-6(4-2)8-7(10)5-9;1-3-5-4-2;1-2-3-4/h3-11H,1,12H2,2H3;3,5H,4H2,1-2H3,(H,8,10);3,5H,4H2,1-2H3;2H,1,3-4H2/b;6-3+;5-3-;. The summed E-state index contributed by atoms with van der Waals surface area (Å²) in [7, 11) is 2.08. The Morgan fingerprint density at radius 3 is 2.08 bits per heavy atom. The second-order valence-corrected chi connectivity index (χ2v) is 7.96. The molecule has 0 aliphatic carbocycles. The van der Waals surface area contributed by atoms with Gasteiger partial charge in [-0.15, -0.1) is 6.58 Å². The van der Waals surface area contributed by atoms with Crippen molar-refractivity contribution in [3.63, 3.8) is 0 Å². The summed E-state index contributed by atoms with van der Waals surface area (Å²) in [6.45, 7) is 16.5. The molecule has 2 aromatic rings. The average Bonchev–Trinajstić information content (AvgIpc) is 2.94. The number of halogens is 1. The van der Waals surface area contributed by atoms with Crippen LogP contribution < -0.4 is 16.0 Å². The molecule has 5 nitrogen and oxygen atoms in total. The predicted molar refractivity (Wildman–Crippen MR) is 163 cm³/mol. The summed E-state index contributed by atoms with van der Waals surface area (Å²) < 4.78 is 0. The van der Waals surface area contributed by atoms with Gasteiger partial charge in [-0.2, -0.15) is 0 Å². The average molecular weight is 526 g/mol. The number of hydrogen-bond acceptors (Lipinski definition) is 4. The fourth-order valence-corrected chi connectivity index (χ4v) is 2.87. The number of carbonyl (C=O) groups is 2. The number of rotatable bonds is 9.